The van der Waals surface area contributed by atoms with E-state index in [-0.39, 0.29) is 11.8 Å². The first-order valence-electron chi connectivity index (χ1n) is 14.8. The van der Waals surface area contributed by atoms with Crippen LogP contribution in [0.3, 0.4) is 0 Å². The summed E-state index contributed by atoms with van der Waals surface area (Å²) in [5.41, 5.74) is 5.36. The van der Waals surface area contributed by atoms with Gasteiger partial charge in [0.25, 0.3) is 0 Å². The first-order chi connectivity index (χ1) is 20.9. The van der Waals surface area contributed by atoms with Crippen molar-refractivity contribution in [3.05, 3.63) is 192 Å². The zero-order chi connectivity index (χ0) is 27.9. The summed E-state index contributed by atoms with van der Waals surface area (Å²) in [6, 6.07) is 62.7. The van der Waals surface area contributed by atoms with Gasteiger partial charge in [-0.1, -0.05) is 170 Å². The third-order valence-corrected chi connectivity index (χ3v) is 8.96. The van der Waals surface area contributed by atoms with Gasteiger partial charge >= 0.3 is 0 Å². The van der Waals surface area contributed by atoms with Gasteiger partial charge in [0, 0.05) is 11.8 Å². The molecule has 0 aliphatic carbocycles. The van der Waals surface area contributed by atoms with E-state index in [9.17, 15) is 0 Å². The molecule has 0 radical (unpaired) electrons. The lowest BCUT2D eigenvalue weighted by molar-refractivity contribution is 0.703. The molecule has 0 saturated heterocycles. The van der Waals surface area contributed by atoms with Crippen molar-refractivity contribution in [2.24, 2.45) is 0 Å². The Balaban J connectivity index is 1.47. The standard InChI is InChI=1S/C42H30/c1-3-15-31(16-4-1)41(39-23-11-21-35-33-19-9-7-13-29(33)25-27-37(35)39)42(32-17-5-2-6-18-32)40-24-12-22-36-34-20-10-8-14-30(34)26-28-38(36)40/h1-28,41-42H/t41-,42+. The minimum atomic E-state index is 0.107. The van der Waals surface area contributed by atoms with Gasteiger partial charge in [-0.3, -0.25) is 0 Å². The second kappa shape index (κ2) is 10.3. The average molecular weight is 535 g/mol. The van der Waals surface area contributed by atoms with Crippen molar-refractivity contribution in [2.75, 3.05) is 0 Å². The van der Waals surface area contributed by atoms with E-state index in [0.29, 0.717) is 0 Å². The molecular weight excluding hydrogens is 504 g/mol. The van der Waals surface area contributed by atoms with E-state index < -0.39 is 0 Å². The Kier molecular flexibility index (Phi) is 6.04. The highest BCUT2D eigenvalue weighted by molar-refractivity contribution is 6.10. The summed E-state index contributed by atoms with van der Waals surface area (Å²) in [6.07, 6.45) is 0. The Bertz CT molecular complexity index is 2030. The Hall–Kier alpha value is -5.20. The summed E-state index contributed by atoms with van der Waals surface area (Å²) in [5.74, 6) is 0.214. The fraction of sp³-hybridized carbons (Fsp3) is 0.0476. The van der Waals surface area contributed by atoms with Crippen LogP contribution in [-0.4, -0.2) is 0 Å². The van der Waals surface area contributed by atoms with Gasteiger partial charge in [-0.25, -0.2) is 0 Å². The Morgan fingerprint density at radius 2 is 0.619 bits per heavy atom. The Labute approximate surface area is 246 Å². The number of benzene rings is 8. The van der Waals surface area contributed by atoms with Gasteiger partial charge in [0.1, 0.15) is 0 Å². The van der Waals surface area contributed by atoms with E-state index in [1.165, 1.54) is 65.3 Å². The van der Waals surface area contributed by atoms with Gasteiger partial charge in [-0.15, -0.1) is 0 Å². The van der Waals surface area contributed by atoms with E-state index in [0.717, 1.165) is 0 Å². The summed E-state index contributed by atoms with van der Waals surface area (Å²) < 4.78 is 0. The molecule has 0 aromatic heterocycles. The maximum absolute atomic E-state index is 2.35. The third kappa shape index (κ3) is 4.07. The molecule has 0 nitrogen and oxygen atoms in total. The molecule has 0 saturated carbocycles. The minimum Gasteiger partial charge on any atom is -0.0622 e. The lowest BCUT2D eigenvalue weighted by atomic mass is 9.71. The molecule has 0 N–H and O–H groups in total. The third-order valence-electron chi connectivity index (χ3n) is 8.96. The highest BCUT2D eigenvalue weighted by atomic mass is 14.3. The SMILES string of the molecule is c1ccc([C@H](c2cccc3c2ccc2ccccc23)[C@@H](c2ccccc2)c2cccc3c2ccc2ccccc23)cc1. The van der Waals surface area contributed by atoms with Crippen molar-refractivity contribution < 1.29 is 0 Å². The van der Waals surface area contributed by atoms with Crippen LogP contribution < -0.4 is 0 Å². The molecule has 198 valence electrons. The number of hydrogen-bond acceptors (Lipinski definition) is 0. The van der Waals surface area contributed by atoms with Crippen LogP contribution in [0.25, 0.3) is 43.1 Å². The minimum absolute atomic E-state index is 0.107. The molecule has 42 heavy (non-hydrogen) atoms. The molecule has 0 heteroatoms. The molecule has 0 aliphatic heterocycles. The van der Waals surface area contributed by atoms with Crippen LogP contribution in [0.15, 0.2) is 170 Å². The van der Waals surface area contributed by atoms with Crippen LogP contribution in [0.5, 0.6) is 0 Å². The maximum atomic E-state index is 2.35. The summed E-state index contributed by atoms with van der Waals surface area (Å²) >= 11 is 0. The van der Waals surface area contributed by atoms with Crippen LogP contribution in [0.1, 0.15) is 34.1 Å². The van der Waals surface area contributed by atoms with Crippen LogP contribution in [0, 0.1) is 0 Å². The van der Waals surface area contributed by atoms with Gasteiger partial charge in [0.05, 0.1) is 0 Å². The van der Waals surface area contributed by atoms with Crippen LogP contribution >= 0.6 is 0 Å². The van der Waals surface area contributed by atoms with Crippen molar-refractivity contribution in [2.45, 2.75) is 11.8 Å². The highest BCUT2D eigenvalue weighted by Gasteiger charge is 2.30. The molecule has 8 aromatic rings. The topological polar surface area (TPSA) is 0 Å². The first kappa shape index (κ1) is 24.6. The highest BCUT2D eigenvalue weighted by Crippen LogP contribution is 2.47. The zero-order valence-corrected chi connectivity index (χ0v) is 23.3. The van der Waals surface area contributed by atoms with Crippen LogP contribution in [0.4, 0.5) is 0 Å². The summed E-state index contributed by atoms with van der Waals surface area (Å²) in [6.45, 7) is 0. The van der Waals surface area contributed by atoms with Crippen molar-refractivity contribution in [3.8, 4) is 0 Å². The molecule has 0 fully saturated rings. The van der Waals surface area contributed by atoms with E-state index >= 15 is 0 Å². The van der Waals surface area contributed by atoms with E-state index in [2.05, 4.69) is 170 Å². The van der Waals surface area contributed by atoms with Crippen LogP contribution in [0.2, 0.25) is 0 Å². The fourth-order valence-electron chi connectivity index (χ4n) is 7.10. The normalized spacial score (nSPS) is 13.0. The number of rotatable bonds is 5. The molecular formula is C42H30. The molecule has 0 bridgehead atoms. The molecule has 8 rings (SSSR count). The van der Waals surface area contributed by atoms with Crippen molar-refractivity contribution in [1.82, 2.24) is 0 Å². The van der Waals surface area contributed by atoms with E-state index in [1.807, 2.05) is 0 Å². The largest absolute Gasteiger partial charge is 0.0622 e. The lowest BCUT2D eigenvalue weighted by Gasteiger charge is -2.31. The Morgan fingerprint density at radius 3 is 1.07 bits per heavy atom. The molecule has 0 heterocycles. The quantitative estimate of drug-likeness (QED) is 0.193. The van der Waals surface area contributed by atoms with E-state index in [4.69, 9.17) is 0 Å². The molecule has 0 amide bonds. The predicted molar refractivity (Wildman–Crippen MR) is 179 cm³/mol. The molecule has 0 unspecified atom stereocenters. The van der Waals surface area contributed by atoms with E-state index in [1.54, 1.807) is 0 Å². The maximum Gasteiger partial charge on any atom is 0.0205 e. The zero-order valence-electron chi connectivity index (χ0n) is 23.3. The van der Waals surface area contributed by atoms with Crippen molar-refractivity contribution in [3.63, 3.8) is 0 Å². The van der Waals surface area contributed by atoms with Crippen molar-refractivity contribution in [1.29, 1.82) is 0 Å². The van der Waals surface area contributed by atoms with Crippen LogP contribution in [-0.2, 0) is 0 Å². The second-order valence-electron chi connectivity index (χ2n) is 11.2. The lowest BCUT2D eigenvalue weighted by Crippen LogP contribution is -2.15. The van der Waals surface area contributed by atoms with Gasteiger partial charge in [0.2, 0.25) is 0 Å². The van der Waals surface area contributed by atoms with Crippen molar-refractivity contribution >= 4 is 43.1 Å². The van der Waals surface area contributed by atoms with Gasteiger partial charge in [0.15, 0.2) is 0 Å². The number of hydrogen-bond donors (Lipinski definition) is 0. The molecule has 0 spiro atoms. The average Bonchev–Trinajstić information content (AvgIpc) is 3.07. The Morgan fingerprint density at radius 1 is 0.238 bits per heavy atom. The molecule has 0 aliphatic rings. The summed E-state index contributed by atoms with van der Waals surface area (Å²) in [4.78, 5) is 0. The number of fused-ring (bicyclic) bond motifs is 6. The van der Waals surface area contributed by atoms with Gasteiger partial charge in [-0.05, 0) is 65.3 Å². The predicted octanol–water partition coefficient (Wildman–Crippen LogP) is 11.3. The molecule has 8 aromatic carbocycles. The second-order valence-corrected chi connectivity index (χ2v) is 11.2. The van der Waals surface area contributed by atoms with Gasteiger partial charge in [-0.2, -0.15) is 0 Å². The fourth-order valence-corrected chi connectivity index (χ4v) is 7.10. The van der Waals surface area contributed by atoms with Gasteiger partial charge < -0.3 is 0 Å². The summed E-state index contributed by atoms with van der Waals surface area (Å²) in [7, 11) is 0. The smallest absolute Gasteiger partial charge is 0.0205 e. The monoisotopic (exact) mass is 534 g/mol. The summed E-state index contributed by atoms with van der Waals surface area (Å²) in [5, 5.41) is 10.4. The first-order valence-corrected chi connectivity index (χ1v) is 14.8. The molecule has 2 atom stereocenters.